The second-order valence-corrected chi connectivity index (χ2v) is 10.6. The maximum absolute atomic E-state index is 10.7. The van der Waals surface area contributed by atoms with Gasteiger partial charge in [-0.15, -0.1) is 0 Å². The van der Waals surface area contributed by atoms with Gasteiger partial charge in [0.25, 0.3) is 0 Å². The van der Waals surface area contributed by atoms with E-state index in [2.05, 4.69) is 19.1 Å². The Labute approximate surface area is 184 Å². The van der Waals surface area contributed by atoms with E-state index in [1.807, 2.05) is 0 Å². The topological polar surface area (TPSA) is 66.4 Å². The van der Waals surface area contributed by atoms with Crippen molar-refractivity contribution in [1.82, 2.24) is 0 Å². The van der Waals surface area contributed by atoms with Gasteiger partial charge < -0.3 is 28.8 Å². The molecule has 2 saturated heterocycles. The van der Waals surface area contributed by atoms with Crippen LogP contribution in [-0.4, -0.2) is 56.5 Å². The largest absolute Gasteiger partial charge is 0.363 e. The molecule has 0 bridgehead atoms. The molecule has 0 amide bonds. The first kappa shape index (κ1) is 20.8. The molecule has 1 N–H and O–H groups in total. The quantitative estimate of drug-likeness (QED) is 0.674. The Balaban J connectivity index is 1.26. The summed E-state index contributed by atoms with van der Waals surface area (Å²) in [7, 11) is 1.63. The summed E-state index contributed by atoms with van der Waals surface area (Å²) in [4.78, 5) is 0. The number of allylic oxidation sites excluding steroid dienone is 2. The molecular formula is C25H36O6. The lowest BCUT2D eigenvalue weighted by Crippen LogP contribution is -2.58. The lowest BCUT2D eigenvalue weighted by molar-refractivity contribution is -0.353. The molecule has 0 aromatic carbocycles. The zero-order valence-electron chi connectivity index (χ0n) is 18.8. The summed E-state index contributed by atoms with van der Waals surface area (Å²) < 4.78 is 29.6. The van der Waals surface area contributed by atoms with Gasteiger partial charge in [0, 0.05) is 20.0 Å². The van der Waals surface area contributed by atoms with Gasteiger partial charge in [-0.25, -0.2) is 0 Å². The second-order valence-electron chi connectivity index (χ2n) is 10.6. The van der Waals surface area contributed by atoms with Crippen molar-refractivity contribution in [2.45, 2.75) is 69.7 Å². The lowest BCUT2D eigenvalue weighted by atomic mass is 9.51. The molecule has 4 aliphatic carbocycles. The molecule has 172 valence electrons. The summed E-state index contributed by atoms with van der Waals surface area (Å²) in [5.41, 5.74) is 2.65. The number of fused-ring (bicyclic) bond motifs is 5. The molecule has 7 atom stereocenters. The molecule has 3 unspecified atom stereocenters. The van der Waals surface area contributed by atoms with Gasteiger partial charge in [0.15, 0.2) is 5.79 Å². The van der Waals surface area contributed by atoms with E-state index in [1.165, 1.54) is 12.8 Å². The highest BCUT2D eigenvalue weighted by Crippen LogP contribution is 2.64. The molecule has 2 aliphatic heterocycles. The number of aliphatic hydroxyl groups is 1. The predicted molar refractivity (Wildman–Crippen MR) is 113 cm³/mol. The third kappa shape index (κ3) is 2.92. The molecule has 0 aromatic heterocycles. The fourth-order valence-electron chi connectivity index (χ4n) is 8.11. The van der Waals surface area contributed by atoms with E-state index in [4.69, 9.17) is 23.7 Å². The number of ether oxygens (including phenoxy) is 5. The molecule has 2 saturated carbocycles. The van der Waals surface area contributed by atoms with E-state index in [0.29, 0.717) is 31.0 Å². The summed E-state index contributed by atoms with van der Waals surface area (Å²) in [6.07, 6.45) is 11.4. The van der Waals surface area contributed by atoms with E-state index in [1.54, 1.807) is 12.7 Å². The van der Waals surface area contributed by atoms with Gasteiger partial charge in [0.2, 0.25) is 12.1 Å². The van der Waals surface area contributed by atoms with Crippen molar-refractivity contribution < 1.29 is 28.8 Å². The van der Waals surface area contributed by atoms with Crippen LogP contribution in [0.3, 0.4) is 0 Å². The van der Waals surface area contributed by atoms with Crippen molar-refractivity contribution in [3.05, 3.63) is 23.3 Å². The van der Waals surface area contributed by atoms with Gasteiger partial charge in [-0.2, -0.15) is 0 Å². The smallest absolute Gasteiger partial charge is 0.244 e. The molecule has 1 spiro atoms. The van der Waals surface area contributed by atoms with Crippen LogP contribution in [0.15, 0.2) is 23.3 Å². The summed E-state index contributed by atoms with van der Waals surface area (Å²) in [5, 5.41) is 10.7. The Hall–Kier alpha value is -0.760. The Morgan fingerprint density at radius 1 is 0.968 bits per heavy atom. The van der Waals surface area contributed by atoms with E-state index < -0.39 is 12.1 Å². The van der Waals surface area contributed by atoms with Crippen LogP contribution in [0, 0.1) is 29.1 Å². The van der Waals surface area contributed by atoms with Crippen molar-refractivity contribution in [1.29, 1.82) is 0 Å². The SMILES string of the molecule is COC1(C2=CC[C@H]3[C@@H]4CC=C5CC6(CCC5[C@H]4CC[C@]23C)OCCO6)OCCOC1O. The average molecular weight is 433 g/mol. The van der Waals surface area contributed by atoms with E-state index >= 15 is 0 Å². The first-order valence-corrected chi connectivity index (χ1v) is 12.2. The summed E-state index contributed by atoms with van der Waals surface area (Å²) in [5.74, 6) is 1.12. The highest BCUT2D eigenvalue weighted by Gasteiger charge is 2.61. The monoisotopic (exact) mass is 432 g/mol. The molecule has 31 heavy (non-hydrogen) atoms. The minimum absolute atomic E-state index is 0.0300. The summed E-state index contributed by atoms with van der Waals surface area (Å²) in [6.45, 7) is 4.67. The number of hydrogen-bond donors (Lipinski definition) is 1. The van der Waals surface area contributed by atoms with Crippen molar-refractivity contribution in [2.24, 2.45) is 29.1 Å². The van der Waals surface area contributed by atoms with E-state index in [-0.39, 0.29) is 11.2 Å². The van der Waals surface area contributed by atoms with Gasteiger partial charge in [-0.1, -0.05) is 24.6 Å². The Morgan fingerprint density at radius 3 is 2.55 bits per heavy atom. The highest BCUT2D eigenvalue weighted by atomic mass is 16.8. The molecule has 6 heteroatoms. The fraction of sp³-hybridized carbons (Fsp3) is 0.840. The normalized spacial score (nSPS) is 48.5. The van der Waals surface area contributed by atoms with Gasteiger partial charge >= 0.3 is 0 Å². The van der Waals surface area contributed by atoms with Crippen LogP contribution in [0.25, 0.3) is 0 Å². The van der Waals surface area contributed by atoms with Crippen LogP contribution in [0.2, 0.25) is 0 Å². The van der Waals surface area contributed by atoms with Crippen LogP contribution in [0.4, 0.5) is 0 Å². The number of rotatable bonds is 2. The minimum atomic E-state index is -1.17. The number of hydrogen-bond acceptors (Lipinski definition) is 6. The predicted octanol–water partition coefficient (Wildman–Crippen LogP) is 3.55. The second kappa shape index (κ2) is 7.37. The van der Waals surface area contributed by atoms with Gasteiger partial charge in [0.05, 0.1) is 26.4 Å². The summed E-state index contributed by atoms with van der Waals surface area (Å²) >= 11 is 0. The standard InChI is InChI=1S/C25H36O6/c1-23-9-7-18-17-8-10-24(29-13-14-30-24)15-16(17)3-4-19(18)20(23)5-6-21(23)25(27-2)22(26)28-11-12-31-25/h3,6,17-20,22,26H,4-5,7-15H2,1-2H3/t17?,18-,19-,20+,22?,23+,25?/m1/s1. The van der Waals surface area contributed by atoms with Gasteiger partial charge in [-0.05, 0) is 66.8 Å². The third-order valence-electron chi connectivity index (χ3n) is 9.52. The molecule has 6 nitrogen and oxygen atoms in total. The molecule has 6 rings (SSSR count). The van der Waals surface area contributed by atoms with Gasteiger partial charge in [-0.3, -0.25) is 0 Å². The molecule has 4 fully saturated rings. The Bertz CT molecular complexity index is 785. The third-order valence-corrected chi connectivity index (χ3v) is 9.52. The van der Waals surface area contributed by atoms with Crippen LogP contribution < -0.4 is 0 Å². The van der Waals surface area contributed by atoms with Crippen LogP contribution in [-0.2, 0) is 23.7 Å². The van der Waals surface area contributed by atoms with E-state index in [0.717, 1.165) is 56.8 Å². The molecule has 6 aliphatic rings. The maximum Gasteiger partial charge on any atom is 0.244 e. The Kier molecular flexibility index (Phi) is 4.95. The zero-order chi connectivity index (χ0) is 21.3. The molecular weight excluding hydrogens is 396 g/mol. The van der Waals surface area contributed by atoms with Gasteiger partial charge in [0.1, 0.15) is 0 Å². The molecule has 2 heterocycles. The lowest BCUT2D eigenvalue weighted by Gasteiger charge is -2.56. The number of methoxy groups -OCH3 is 1. The number of aliphatic hydroxyl groups excluding tert-OH is 1. The van der Waals surface area contributed by atoms with Crippen LogP contribution >= 0.6 is 0 Å². The van der Waals surface area contributed by atoms with Crippen molar-refractivity contribution in [3.63, 3.8) is 0 Å². The fourth-order valence-corrected chi connectivity index (χ4v) is 8.11. The van der Waals surface area contributed by atoms with E-state index in [9.17, 15) is 5.11 Å². The molecule has 0 radical (unpaired) electrons. The Morgan fingerprint density at radius 2 is 1.77 bits per heavy atom. The van der Waals surface area contributed by atoms with Crippen molar-refractivity contribution >= 4 is 0 Å². The molecule has 0 aromatic rings. The average Bonchev–Trinajstić information content (AvgIpc) is 3.38. The summed E-state index contributed by atoms with van der Waals surface area (Å²) in [6, 6.07) is 0. The minimum Gasteiger partial charge on any atom is -0.363 e. The first-order valence-electron chi connectivity index (χ1n) is 12.2. The van der Waals surface area contributed by atoms with Crippen molar-refractivity contribution in [3.8, 4) is 0 Å². The maximum atomic E-state index is 10.7. The van der Waals surface area contributed by atoms with Crippen LogP contribution in [0.5, 0.6) is 0 Å². The first-order chi connectivity index (χ1) is 15.0. The zero-order valence-corrected chi connectivity index (χ0v) is 18.8. The van der Waals surface area contributed by atoms with Crippen molar-refractivity contribution in [2.75, 3.05) is 33.5 Å². The highest BCUT2D eigenvalue weighted by molar-refractivity contribution is 5.33. The van der Waals surface area contributed by atoms with Crippen LogP contribution in [0.1, 0.15) is 51.9 Å².